The molecule has 0 aliphatic heterocycles. The van der Waals surface area contributed by atoms with Crippen molar-refractivity contribution < 1.29 is 4.74 Å². The summed E-state index contributed by atoms with van der Waals surface area (Å²) in [5.41, 5.74) is 3.11. The van der Waals surface area contributed by atoms with Gasteiger partial charge in [-0.1, -0.05) is 11.3 Å². The minimum absolute atomic E-state index is 0.0406. The number of ether oxygens (including phenoxy) is 1. The second kappa shape index (κ2) is 6.15. The molecule has 132 valence electrons. The molecule has 0 saturated heterocycles. The molecule has 4 aromatic rings. The monoisotopic (exact) mass is 384 g/mol. The van der Waals surface area contributed by atoms with Gasteiger partial charge in [0.1, 0.15) is 17.0 Å². The maximum Gasteiger partial charge on any atom is 0.305 e. The highest BCUT2D eigenvalue weighted by molar-refractivity contribution is 7.19. The highest BCUT2D eigenvalue weighted by Crippen LogP contribution is 2.39. The molecule has 1 aromatic carbocycles. The maximum absolute atomic E-state index is 11.5. The van der Waals surface area contributed by atoms with Crippen molar-refractivity contribution in [1.29, 1.82) is 0 Å². The predicted molar refractivity (Wildman–Crippen MR) is 106 cm³/mol. The van der Waals surface area contributed by atoms with Gasteiger partial charge in [-0.25, -0.2) is 9.97 Å². The van der Waals surface area contributed by atoms with Crippen LogP contribution in [0.2, 0.25) is 0 Å². The fourth-order valence-electron chi connectivity index (χ4n) is 3.54. The van der Waals surface area contributed by atoms with E-state index in [9.17, 15) is 4.79 Å². The van der Waals surface area contributed by atoms with E-state index in [1.807, 2.05) is 18.2 Å². The van der Waals surface area contributed by atoms with Crippen LogP contribution in [0.15, 0.2) is 29.3 Å². The molecule has 0 amide bonds. The summed E-state index contributed by atoms with van der Waals surface area (Å²) in [6.07, 6.45) is 4.84. The van der Waals surface area contributed by atoms with Gasteiger partial charge in [-0.2, -0.15) is 0 Å². The van der Waals surface area contributed by atoms with Crippen molar-refractivity contribution in [2.24, 2.45) is 0 Å². The Morgan fingerprint density at radius 1 is 1.31 bits per heavy atom. The van der Waals surface area contributed by atoms with Crippen LogP contribution >= 0.6 is 22.7 Å². The molecule has 26 heavy (non-hydrogen) atoms. The Labute approximate surface area is 156 Å². The molecule has 3 aromatic heterocycles. The molecule has 0 spiro atoms. The molecule has 8 heteroatoms. The molecule has 0 fully saturated rings. The van der Waals surface area contributed by atoms with Crippen molar-refractivity contribution in [3.05, 3.63) is 44.6 Å². The van der Waals surface area contributed by atoms with Crippen LogP contribution in [0, 0.1) is 0 Å². The van der Waals surface area contributed by atoms with E-state index in [4.69, 9.17) is 4.74 Å². The zero-order valence-electron chi connectivity index (χ0n) is 14.0. The number of aromatic amines is 1. The molecule has 5 rings (SSSR count). The fourth-order valence-corrected chi connectivity index (χ4v) is 5.56. The number of hydrogen-bond acceptors (Lipinski definition) is 7. The molecule has 0 bridgehead atoms. The van der Waals surface area contributed by atoms with Gasteiger partial charge in [0.25, 0.3) is 0 Å². The Bertz CT molecular complexity index is 1180. The van der Waals surface area contributed by atoms with Crippen LogP contribution in [-0.2, 0) is 17.6 Å². The van der Waals surface area contributed by atoms with Crippen LogP contribution in [0.25, 0.3) is 20.4 Å². The van der Waals surface area contributed by atoms with E-state index in [1.54, 1.807) is 24.8 Å². The molecule has 2 N–H and O–H groups in total. The van der Waals surface area contributed by atoms with Gasteiger partial charge in [0.15, 0.2) is 0 Å². The first-order valence-electron chi connectivity index (χ1n) is 8.39. The number of anilines is 2. The molecular weight excluding hydrogens is 368 g/mol. The van der Waals surface area contributed by atoms with Crippen LogP contribution in [0.4, 0.5) is 11.5 Å². The molecule has 0 saturated carbocycles. The lowest BCUT2D eigenvalue weighted by Crippen LogP contribution is -2.19. The number of nitrogens with zero attached hydrogens (tertiary/aromatic N) is 2. The van der Waals surface area contributed by atoms with Crippen LogP contribution in [-0.4, -0.2) is 28.2 Å². The van der Waals surface area contributed by atoms with Gasteiger partial charge < -0.3 is 15.0 Å². The van der Waals surface area contributed by atoms with Crippen LogP contribution in [0.5, 0.6) is 0 Å². The van der Waals surface area contributed by atoms with Crippen molar-refractivity contribution in [2.75, 3.05) is 12.4 Å². The van der Waals surface area contributed by atoms with Gasteiger partial charge in [-0.3, -0.25) is 4.79 Å². The number of nitrogens with one attached hydrogen (secondary N) is 2. The number of H-pyrrole nitrogens is 1. The van der Waals surface area contributed by atoms with Crippen LogP contribution in [0.3, 0.4) is 0 Å². The maximum atomic E-state index is 11.5. The highest BCUT2D eigenvalue weighted by Gasteiger charge is 2.25. The minimum Gasteiger partial charge on any atom is -0.381 e. The van der Waals surface area contributed by atoms with Gasteiger partial charge in [0.2, 0.25) is 0 Å². The number of fused-ring (bicyclic) bond motifs is 4. The fraction of sp³-hybridized carbons (Fsp3) is 0.278. The lowest BCUT2D eigenvalue weighted by molar-refractivity contribution is 0.0922. The van der Waals surface area contributed by atoms with E-state index in [2.05, 4.69) is 20.3 Å². The third-order valence-electron chi connectivity index (χ3n) is 4.82. The zero-order valence-corrected chi connectivity index (χ0v) is 15.7. The standard InChI is InChI=1S/C18H16N4O2S2/c1-24-10-3-4-11-13(7-10)25-17-15(11)16(19-8-20-17)21-9-2-5-12-14(6-9)26-18(23)22-12/h2,5-6,8,10H,3-4,7H2,1H3,(H,22,23)(H,19,20,21). The first kappa shape index (κ1) is 15.9. The summed E-state index contributed by atoms with van der Waals surface area (Å²) in [4.78, 5) is 25.6. The van der Waals surface area contributed by atoms with E-state index in [0.717, 1.165) is 51.2 Å². The average Bonchev–Trinajstić information content (AvgIpc) is 3.20. The summed E-state index contributed by atoms with van der Waals surface area (Å²) in [7, 11) is 1.78. The first-order chi connectivity index (χ1) is 12.7. The third-order valence-corrected chi connectivity index (χ3v) is 6.82. The second-order valence-corrected chi connectivity index (χ2v) is 8.46. The van der Waals surface area contributed by atoms with Gasteiger partial charge in [-0.05, 0) is 36.6 Å². The molecule has 3 heterocycles. The molecule has 1 aliphatic rings. The SMILES string of the molecule is COC1CCc2c(sc3ncnc(Nc4ccc5[nH]c(=O)sc5c4)c23)C1. The lowest BCUT2D eigenvalue weighted by atomic mass is 9.94. The summed E-state index contributed by atoms with van der Waals surface area (Å²) in [5.74, 6) is 0.825. The summed E-state index contributed by atoms with van der Waals surface area (Å²) < 4.78 is 6.47. The largest absolute Gasteiger partial charge is 0.381 e. The van der Waals surface area contributed by atoms with Crippen molar-refractivity contribution in [2.45, 2.75) is 25.4 Å². The number of thiophene rings is 1. The summed E-state index contributed by atoms with van der Waals surface area (Å²) in [5, 5.41) is 4.54. The van der Waals surface area contributed by atoms with E-state index < -0.39 is 0 Å². The Balaban J connectivity index is 1.57. The highest BCUT2D eigenvalue weighted by atomic mass is 32.1. The lowest BCUT2D eigenvalue weighted by Gasteiger charge is -2.20. The molecular formula is C18H16N4O2S2. The number of benzene rings is 1. The molecule has 1 unspecified atom stereocenters. The number of rotatable bonds is 3. The van der Waals surface area contributed by atoms with Crippen LogP contribution < -0.4 is 10.2 Å². The topological polar surface area (TPSA) is 79.9 Å². The Morgan fingerprint density at radius 3 is 3.12 bits per heavy atom. The van der Waals surface area contributed by atoms with Gasteiger partial charge in [0.05, 0.1) is 21.7 Å². The van der Waals surface area contributed by atoms with Gasteiger partial charge >= 0.3 is 4.87 Å². The van der Waals surface area contributed by atoms with Crippen molar-refractivity contribution in [3.63, 3.8) is 0 Å². The number of methoxy groups -OCH3 is 1. The molecule has 0 radical (unpaired) electrons. The Morgan fingerprint density at radius 2 is 2.23 bits per heavy atom. The Kier molecular flexibility index (Phi) is 3.77. The smallest absolute Gasteiger partial charge is 0.305 e. The van der Waals surface area contributed by atoms with Crippen molar-refractivity contribution in [1.82, 2.24) is 15.0 Å². The summed E-state index contributed by atoms with van der Waals surface area (Å²) in [6, 6.07) is 5.85. The van der Waals surface area contributed by atoms with E-state index in [-0.39, 0.29) is 4.87 Å². The molecule has 6 nitrogen and oxygen atoms in total. The zero-order chi connectivity index (χ0) is 17.7. The van der Waals surface area contributed by atoms with Crippen LogP contribution in [0.1, 0.15) is 16.9 Å². The molecule has 1 aliphatic carbocycles. The van der Waals surface area contributed by atoms with Crippen molar-refractivity contribution >= 4 is 54.6 Å². The normalized spacial score (nSPS) is 16.9. The van der Waals surface area contributed by atoms with Gasteiger partial charge in [0, 0.05) is 24.1 Å². The first-order valence-corrected chi connectivity index (χ1v) is 10.0. The molecule has 1 atom stereocenters. The summed E-state index contributed by atoms with van der Waals surface area (Å²) in [6.45, 7) is 0. The number of aryl methyl sites for hydroxylation is 1. The van der Waals surface area contributed by atoms with E-state index in [0.29, 0.717) is 6.10 Å². The third kappa shape index (κ3) is 2.61. The predicted octanol–water partition coefficient (Wildman–Crippen LogP) is 3.84. The summed E-state index contributed by atoms with van der Waals surface area (Å²) >= 11 is 2.95. The van der Waals surface area contributed by atoms with E-state index in [1.165, 1.54) is 21.8 Å². The number of hydrogen-bond donors (Lipinski definition) is 2. The van der Waals surface area contributed by atoms with E-state index >= 15 is 0 Å². The van der Waals surface area contributed by atoms with Crippen molar-refractivity contribution in [3.8, 4) is 0 Å². The van der Waals surface area contributed by atoms with Gasteiger partial charge in [-0.15, -0.1) is 11.3 Å². The Hall–Kier alpha value is -2.29. The average molecular weight is 384 g/mol. The minimum atomic E-state index is -0.0406. The number of thiazole rings is 1. The number of aromatic nitrogens is 3. The quantitative estimate of drug-likeness (QED) is 0.561. The second-order valence-electron chi connectivity index (χ2n) is 6.36.